The van der Waals surface area contributed by atoms with Crippen LogP contribution in [0.5, 0.6) is 0 Å². The van der Waals surface area contributed by atoms with Crippen LogP contribution in [0.3, 0.4) is 0 Å². The van der Waals surface area contributed by atoms with Gasteiger partial charge in [-0.15, -0.1) is 0 Å². The third-order valence-electron chi connectivity index (χ3n) is 3.05. The predicted molar refractivity (Wildman–Crippen MR) is 72.4 cm³/mol. The zero-order valence-electron chi connectivity index (χ0n) is 9.63. The molecule has 0 N–H and O–H groups in total. The van der Waals surface area contributed by atoms with E-state index in [9.17, 15) is 9.59 Å². The van der Waals surface area contributed by atoms with E-state index in [4.69, 9.17) is 0 Å². The Labute approximate surface area is 109 Å². The maximum absolute atomic E-state index is 11.6. The molecule has 0 spiro atoms. The van der Waals surface area contributed by atoms with E-state index in [-0.39, 0.29) is 16.9 Å². The van der Waals surface area contributed by atoms with Gasteiger partial charge in [-0.05, 0) is 16.3 Å². The van der Waals surface area contributed by atoms with Crippen molar-refractivity contribution in [3.05, 3.63) is 48.0 Å². The number of carbonyl (C=O) groups is 2. The highest BCUT2D eigenvalue weighted by Crippen LogP contribution is 2.25. The van der Waals surface area contributed by atoms with Crippen LogP contribution in [0.4, 0.5) is 4.79 Å². The van der Waals surface area contributed by atoms with Gasteiger partial charge in [0.05, 0.1) is 12.3 Å². The fourth-order valence-electron chi connectivity index (χ4n) is 2.13. The van der Waals surface area contributed by atoms with E-state index in [1.54, 1.807) is 0 Å². The van der Waals surface area contributed by atoms with Crippen LogP contribution >= 0.6 is 11.8 Å². The largest absolute Gasteiger partial charge is 0.289 e. The molecule has 18 heavy (non-hydrogen) atoms. The van der Waals surface area contributed by atoms with Crippen molar-refractivity contribution in [3.63, 3.8) is 0 Å². The minimum Gasteiger partial charge on any atom is -0.273 e. The minimum atomic E-state index is -0.145. The first-order valence-corrected chi connectivity index (χ1v) is 6.68. The Hall–Kier alpha value is -1.81. The molecule has 1 heterocycles. The summed E-state index contributed by atoms with van der Waals surface area (Å²) in [6.45, 7) is 0.367. The molecule has 2 aromatic carbocycles. The van der Waals surface area contributed by atoms with Crippen LogP contribution in [0.1, 0.15) is 5.56 Å². The molecule has 90 valence electrons. The molecule has 2 amide bonds. The number of hydrogen-bond acceptors (Lipinski definition) is 3. The average molecular weight is 257 g/mol. The van der Waals surface area contributed by atoms with Crippen molar-refractivity contribution in [1.29, 1.82) is 0 Å². The van der Waals surface area contributed by atoms with Crippen molar-refractivity contribution in [2.24, 2.45) is 0 Å². The van der Waals surface area contributed by atoms with Crippen LogP contribution in [-0.4, -0.2) is 21.8 Å². The molecule has 0 saturated carbocycles. The Bertz CT molecular complexity index is 617. The molecule has 1 aliphatic heterocycles. The summed E-state index contributed by atoms with van der Waals surface area (Å²) in [7, 11) is 0. The Kier molecular flexibility index (Phi) is 2.80. The van der Waals surface area contributed by atoms with Crippen molar-refractivity contribution in [1.82, 2.24) is 4.90 Å². The quantitative estimate of drug-likeness (QED) is 0.829. The zero-order valence-corrected chi connectivity index (χ0v) is 10.4. The van der Waals surface area contributed by atoms with Crippen molar-refractivity contribution in [2.45, 2.75) is 6.54 Å². The van der Waals surface area contributed by atoms with Gasteiger partial charge in [-0.2, -0.15) is 0 Å². The van der Waals surface area contributed by atoms with E-state index in [1.807, 2.05) is 42.5 Å². The van der Waals surface area contributed by atoms with Gasteiger partial charge in [-0.25, -0.2) is 0 Å². The summed E-state index contributed by atoms with van der Waals surface area (Å²) < 4.78 is 0. The van der Waals surface area contributed by atoms with Gasteiger partial charge in [0.25, 0.3) is 5.24 Å². The number of carbonyl (C=O) groups excluding carboxylic acids is 2. The van der Waals surface area contributed by atoms with Gasteiger partial charge in [-0.1, -0.05) is 54.2 Å². The number of fused-ring (bicyclic) bond motifs is 1. The Morgan fingerprint density at radius 1 is 1.06 bits per heavy atom. The summed E-state index contributed by atoms with van der Waals surface area (Å²) >= 11 is 1.08. The van der Waals surface area contributed by atoms with Crippen LogP contribution in [0.2, 0.25) is 0 Å². The number of benzene rings is 2. The van der Waals surface area contributed by atoms with E-state index in [2.05, 4.69) is 0 Å². The topological polar surface area (TPSA) is 37.4 Å². The number of hydrogen-bond donors (Lipinski definition) is 0. The Morgan fingerprint density at radius 2 is 1.83 bits per heavy atom. The zero-order chi connectivity index (χ0) is 12.5. The van der Waals surface area contributed by atoms with Crippen molar-refractivity contribution < 1.29 is 9.59 Å². The van der Waals surface area contributed by atoms with Gasteiger partial charge < -0.3 is 0 Å². The van der Waals surface area contributed by atoms with E-state index >= 15 is 0 Å². The first kappa shape index (κ1) is 11.3. The van der Waals surface area contributed by atoms with Gasteiger partial charge in [0.15, 0.2) is 0 Å². The van der Waals surface area contributed by atoms with Gasteiger partial charge in [0.2, 0.25) is 5.91 Å². The molecular weight excluding hydrogens is 246 g/mol. The van der Waals surface area contributed by atoms with Gasteiger partial charge in [-0.3, -0.25) is 14.5 Å². The molecule has 0 bridgehead atoms. The fraction of sp³-hybridized carbons (Fsp3) is 0.143. The molecule has 0 atom stereocenters. The third kappa shape index (κ3) is 1.88. The summed E-state index contributed by atoms with van der Waals surface area (Å²) in [5.74, 6) is 0.168. The summed E-state index contributed by atoms with van der Waals surface area (Å²) in [5, 5.41) is 2.08. The first-order valence-electron chi connectivity index (χ1n) is 5.69. The second-order valence-corrected chi connectivity index (χ2v) is 5.10. The van der Waals surface area contributed by atoms with Crippen molar-refractivity contribution in [2.75, 3.05) is 5.75 Å². The number of nitrogens with zero attached hydrogens (tertiary/aromatic N) is 1. The second-order valence-electron chi connectivity index (χ2n) is 4.17. The molecule has 0 radical (unpaired) electrons. The molecule has 0 aliphatic carbocycles. The Balaban J connectivity index is 2.00. The molecule has 1 fully saturated rings. The standard InChI is InChI=1S/C14H11NO2S/c16-13-9-18-14(17)15(13)8-11-6-3-5-10-4-1-2-7-12(10)11/h1-7H,8-9H2. The first-order chi connectivity index (χ1) is 8.75. The van der Waals surface area contributed by atoms with Crippen LogP contribution < -0.4 is 0 Å². The van der Waals surface area contributed by atoms with E-state index in [0.717, 1.165) is 28.1 Å². The summed E-state index contributed by atoms with van der Waals surface area (Å²) in [5.41, 5.74) is 1.01. The highest BCUT2D eigenvalue weighted by molar-refractivity contribution is 8.14. The predicted octanol–water partition coefficient (Wildman–Crippen LogP) is 3.04. The highest BCUT2D eigenvalue weighted by Gasteiger charge is 2.29. The van der Waals surface area contributed by atoms with E-state index < -0.39 is 0 Å². The lowest BCUT2D eigenvalue weighted by molar-refractivity contribution is -0.124. The van der Waals surface area contributed by atoms with Crippen LogP contribution in [0.25, 0.3) is 10.8 Å². The second kappa shape index (κ2) is 4.46. The highest BCUT2D eigenvalue weighted by atomic mass is 32.2. The Morgan fingerprint density at radius 3 is 2.61 bits per heavy atom. The molecular formula is C14H11NO2S. The minimum absolute atomic E-state index is 0.0991. The average Bonchev–Trinajstić information content (AvgIpc) is 2.71. The van der Waals surface area contributed by atoms with Crippen molar-refractivity contribution >= 4 is 33.7 Å². The lowest BCUT2D eigenvalue weighted by Gasteiger charge is -2.14. The number of amides is 2. The molecule has 0 aromatic heterocycles. The lowest BCUT2D eigenvalue weighted by Crippen LogP contribution is -2.27. The summed E-state index contributed by atoms with van der Waals surface area (Å²) in [6, 6.07) is 13.9. The molecule has 2 aromatic rings. The summed E-state index contributed by atoms with van der Waals surface area (Å²) in [4.78, 5) is 24.5. The molecule has 3 rings (SSSR count). The molecule has 3 nitrogen and oxygen atoms in total. The van der Waals surface area contributed by atoms with Crippen LogP contribution in [0.15, 0.2) is 42.5 Å². The van der Waals surface area contributed by atoms with Gasteiger partial charge >= 0.3 is 0 Å². The van der Waals surface area contributed by atoms with E-state index in [1.165, 1.54) is 4.90 Å². The number of thioether (sulfide) groups is 1. The maximum Gasteiger partial charge on any atom is 0.289 e. The molecule has 4 heteroatoms. The summed E-state index contributed by atoms with van der Waals surface area (Å²) in [6.07, 6.45) is 0. The monoisotopic (exact) mass is 257 g/mol. The van der Waals surface area contributed by atoms with Crippen molar-refractivity contribution in [3.8, 4) is 0 Å². The fourth-order valence-corrected chi connectivity index (χ4v) is 2.86. The number of imide groups is 1. The molecule has 0 unspecified atom stereocenters. The van der Waals surface area contributed by atoms with Gasteiger partial charge in [0.1, 0.15) is 0 Å². The SMILES string of the molecule is O=C1CSC(=O)N1Cc1cccc2ccccc12. The molecule has 1 aliphatic rings. The third-order valence-corrected chi connectivity index (χ3v) is 3.91. The normalized spacial score (nSPS) is 15.7. The van der Waals surface area contributed by atoms with E-state index in [0.29, 0.717) is 6.54 Å². The molecule has 1 saturated heterocycles. The van der Waals surface area contributed by atoms with Crippen LogP contribution in [0, 0.1) is 0 Å². The smallest absolute Gasteiger partial charge is 0.273 e. The maximum atomic E-state index is 11.6. The van der Waals surface area contributed by atoms with Gasteiger partial charge in [0, 0.05) is 0 Å². The lowest BCUT2D eigenvalue weighted by atomic mass is 10.0. The number of rotatable bonds is 2. The van der Waals surface area contributed by atoms with Crippen LogP contribution in [-0.2, 0) is 11.3 Å².